The fourth-order valence-corrected chi connectivity index (χ4v) is 2.85. The maximum absolute atomic E-state index is 10.5. The fourth-order valence-electron chi connectivity index (χ4n) is 2.85. The molecule has 3 rings (SSSR count). The minimum atomic E-state index is -0.798. The molecule has 0 spiro atoms. The van der Waals surface area contributed by atoms with E-state index < -0.39 is 18.3 Å². The highest BCUT2D eigenvalue weighted by Gasteiger charge is 2.49. The van der Waals surface area contributed by atoms with Crippen molar-refractivity contribution in [3.8, 4) is 23.0 Å². The van der Waals surface area contributed by atoms with E-state index >= 15 is 0 Å². The molecule has 1 saturated heterocycles. The summed E-state index contributed by atoms with van der Waals surface area (Å²) in [6, 6.07) is 10.9. The molecule has 1 aliphatic rings. The summed E-state index contributed by atoms with van der Waals surface area (Å²) in [6.45, 7) is 0. The summed E-state index contributed by atoms with van der Waals surface area (Å²) in [4.78, 5) is 0. The average Bonchev–Trinajstić information content (AvgIpc) is 3.40. The number of aromatic hydroxyl groups is 1. The lowest BCUT2D eigenvalue weighted by molar-refractivity contribution is 0.137. The molecule has 0 aromatic heterocycles. The number of phenols is 1. The van der Waals surface area contributed by atoms with Crippen molar-refractivity contribution in [3.05, 3.63) is 47.5 Å². The van der Waals surface area contributed by atoms with Gasteiger partial charge in [-0.15, -0.1) is 0 Å². The van der Waals surface area contributed by atoms with Gasteiger partial charge in [-0.1, -0.05) is 30.3 Å². The van der Waals surface area contributed by atoms with Gasteiger partial charge in [-0.25, -0.2) is 0 Å². The first-order valence-electron chi connectivity index (χ1n) is 7.52. The van der Waals surface area contributed by atoms with Gasteiger partial charge in [-0.2, -0.15) is 0 Å². The molecule has 2 aromatic rings. The number of aliphatic hydroxyl groups excluding tert-OH is 1. The topological polar surface area (TPSA) is 80.7 Å². The van der Waals surface area contributed by atoms with Crippen molar-refractivity contribution >= 4 is 0 Å². The normalized spacial score (nSPS) is 20.3. The Morgan fingerprint density at radius 3 is 2.25 bits per heavy atom. The molecule has 2 N–H and O–H groups in total. The zero-order chi connectivity index (χ0) is 17.3. The number of benzene rings is 2. The molecular weight excluding hydrogens is 312 g/mol. The molecule has 6 nitrogen and oxygen atoms in total. The van der Waals surface area contributed by atoms with Gasteiger partial charge in [-0.3, -0.25) is 0 Å². The van der Waals surface area contributed by atoms with E-state index in [1.54, 1.807) is 6.07 Å². The molecule has 128 valence electrons. The summed E-state index contributed by atoms with van der Waals surface area (Å²) in [6.07, 6.45) is -1.76. The van der Waals surface area contributed by atoms with E-state index in [0.717, 1.165) is 5.56 Å². The number of phenolic OH excluding ortho intramolecular Hbond substituents is 1. The van der Waals surface area contributed by atoms with Gasteiger partial charge in [0.15, 0.2) is 11.5 Å². The summed E-state index contributed by atoms with van der Waals surface area (Å²) in [5, 5.41) is 21.0. The minimum Gasteiger partial charge on any atom is -0.504 e. The zero-order valence-electron chi connectivity index (χ0n) is 13.7. The molecule has 0 aliphatic carbocycles. The lowest BCUT2D eigenvalue weighted by Crippen LogP contribution is -2.07. The van der Waals surface area contributed by atoms with Crippen LogP contribution < -0.4 is 14.2 Å². The number of methoxy groups -OCH3 is 3. The first kappa shape index (κ1) is 16.4. The van der Waals surface area contributed by atoms with Crippen molar-refractivity contribution in [1.82, 2.24) is 0 Å². The van der Waals surface area contributed by atoms with Crippen molar-refractivity contribution in [2.45, 2.75) is 18.3 Å². The van der Waals surface area contributed by atoms with E-state index in [4.69, 9.17) is 18.9 Å². The lowest BCUT2D eigenvalue weighted by atomic mass is 9.99. The van der Waals surface area contributed by atoms with Crippen LogP contribution in [-0.2, 0) is 4.74 Å². The second-order valence-corrected chi connectivity index (χ2v) is 5.45. The van der Waals surface area contributed by atoms with E-state index in [-0.39, 0.29) is 11.5 Å². The highest BCUT2D eigenvalue weighted by molar-refractivity contribution is 5.62. The SMILES string of the molecule is COc1cc(OC)c([C@@H]2O[C@H]2[C@@H](O)c2ccccc2)c(O)c1OC. The second kappa shape index (κ2) is 6.59. The van der Waals surface area contributed by atoms with Crippen LogP contribution in [0.5, 0.6) is 23.0 Å². The average molecular weight is 332 g/mol. The predicted molar refractivity (Wildman–Crippen MR) is 86.8 cm³/mol. The summed E-state index contributed by atoms with van der Waals surface area (Å²) < 4.78 is 21.4. The van der Waals surface area contributed by atoms with Gasteiger partial charge in [0.25, 0.3) is 0 Å². The Morgan fingerprint density at radius 1 is 1.00 bits per heavy atom. The van der Waals surface area contributed by atoms with Crippen LogP contribution in [0.15, 0.2) is 36.4 Å². The second-order valence-electron chi connectivity index (χ2n) is 5.45. The molecule has 0 amide bonds. The van der Waals surface area contributed by atoms with E-state index in [2.05, 4.69) is 0 Å². The van der Waals surface area contributed by atoms with Crippen LogP contribution in [0.25, 0.3) is 0 Å². The highest BCUT2D eigenvalue weighted by atomic mass is 16.6. The van der Waals surface area contributed by atoms with Crippen LogP contribution in [0.4, 0.5) is 0 Å². The van der Waals surface area contributed by atoms with Gasteiger partial charge < -0.3 is 29.2 Å². The Balaban J connectivity index is 1.93. The third-order valence-electron chi connectivity index (χ3n) is 4.13. The molecule has 6 heteroatoms. The van der Waals surface area contributed by atoms with Gasteiger partial charge in [-0.05, 0) is 5.56 Å². The molecule has 0 saturated carbocycles. The zero-order valence-corrected chi connectivity index (χ0v) is 13.7. The van der Waals surface area contributed by atoms with Crippen molar-refractivity contribution in [2.24, 2.45) is 0 Å². The van der Waals surface area contributed by atoms with Gasteiger partial charge in [0, 0.05) is 6.07 Å². The van der Waals surface area contributed by atoms with Crippen LogP contribution in [-0.4, -0.2) is 37.6 Å². The molecular formula is C18H20O6. The van der Waals surface area contributed by atoms with Crippen LogP contribution in [0.2, 0.25) is 0 Å². The van der Waals surface area contributed by atoms with E-state index in [1.807, 2.05) is 30.3 Å². The van der Waals surface area contributed by atoms with Crippen molar-refractivity contribution in [3.63, 3.8) is 0 Å². The quantitative estimate of drug-likeness (QED) is 0.792. The Bertz CT molecular complexity index is 715. The molecule has 1 heterocycles. The molecule has 1 aliphatic heterocycles. The monoisotopic (exact) mass is 332 g/mol. The number of rotatable bonds is 6. The molecule has 0 radical (unpaired) electrons. The van der Waals surface area contributed by atoms with Gasteiger partial charge in [0.05, 0.1) is 26.9 Å². The smallest absolute Gasteiger partial charge is 0.203 e. The number of epoxide rings is 1. The Kier molecular flexibility index (Phi) is 4.51. The third-order valence-corrected chi connectivity index (χ3v) is 4.13. The number of aliphatic hydroxyl groups is 1. The largest absolute Gasteiger partial charge is 0.504 e. The maximum Gasteiger partial charge on any atom is 0.203 e. The molecule has 2 aromatic carbocycles. The maximum atomic E-state index is 10.5. The Hall–Kier alpha value is -2.44. The Morgan fingerprint density at radius 2 is 1.67 bits per heavy atom. The van der Waals surface area contributed by atoms with E-state index in [0.29, 0.717) is 17.1 Å². The first-order valence-corrected chi connectivity index (χ1v) is 7.52. The number of ether oxygens (including phenoxy) is 4. The summed E-state index contributed by atoms with van der Waals surface area (Å²) in [7, 11) is 4.42. The molecule has 1 fully saturated rings. The molecule has 3 atom stereocenters. The van der Waals surface area contributed by atoms with E-state index in [9.17, 15) is 10.2 Å². The van der Waals surface area contributed by atoms with Crippen LogP contribution >= 0.6 is 0 Å². The van der Waals surface area contributed by atoms with Crippen LogP contribution in [0.1, 0.15) is 23.3 Å². The lowest BCUT2D eigenvalue weighted by Gasteiger charge is -2.16. The van der Waals surface area contributed by atoms with Crippen molar-refractivity contribution < 1.29 is 29.2 Å². The number of hydrogen-bond acceptors (Lipinski definition) is 6. The van der Waals surface area contributed by atoms with Crippen molar-refractivity contribution in [1.29, 1.82) is 0 Å². The van der Waals surface area contributed by atoms with Crippen molar-refractivity contribution in [2.75, 3.05) is 21.3 Å². The molecule has 24 heavy (non-hydrogen) atoms. The third kappa shape index (κ3) is 2.74. The Labute approximate surface area is 140 Å². The van der Waals surface area contributed by atoms with E-state index in [1.165, 1.54) is 21.3 Å². The van der Waals surface area contributed by atoms with Crippen LogP contribution in [0, 0.1) is 0 Å². The fraction of sp³-hybridized carbons (Fsp3) is 0.333. The van der Waals surface area contributed by atoms with Gasteiger partial charge in [0.1, 0.15) is 24.1 Å². The highest BCUT2D eigenvalue weighted by Crippen LogP contribution is 2.55. The summed E-state index contributed by atoms with van der Waals surface area (Å²) in [5.74, 6) is 0.868. The summed E-state index contributed by atoms with van der Waals surface area (Å²) in [5.41, 5.74) is 1.19. The van der Waals surface area contributed by atoms with Gasteiger partial charge in [0.2, 0.25) is 5.75 Å². The predicted octanol–water partition coefficient (Wildman–Crippen LogP) is 2.59. The first-order chi connectivity index (χ1) is 11.6. The minimum absolute atomic E-state index is 0.110. The number of hydrogen-bond donors (Lipinski definition) is 2. The molecule has 0 unspecified atom stereocenters. The van der Waals surface area contributed by atoms with Crippen LogP contribution in [0.3, 0.4) is 0 Å². The summed E-state index contributed by atoms with van der Waals surface area (Å²) >= 11 is 0. The van der Waals surface area contributed by atoms with Gasteiger partial charge >= 0.3 is 0 Å². The standard InChI is InChI=1S/C18H20O6/c1-21-11-9-12(22-2)16(23-3)15(20)13(11)17-18(24-17)14(19)10-7-5-4-6-8-10/h4-9,14,17-20H,1-3H3/t14-,17-,18-/m0/s1. The molecule has 0 bridgehead atoms.